The van der Waals surface area contributed by atoms with Gasteiger partial charge in [-0.15, -0.1) is 11.8 Å². The highest BCUT2D eigenvalue weighted by molar-refractivity contribution is 9.10. The Kier molecular flexibility index (Phi) is 3.81. The fourth-order valence-corrected chi connectivity index (χ4v) is 3.35. The van der Waals surface area contributed by atoms with Crippen molar-refractivity contribution in [1.82, 2.24) is 0 Å². The number of Topliss-reactive ketones (excluding diaryl/α,β-unsaturated/α-hetero) is 1. The van der Waals surface area contributed by atoms with E-state index in [0.717, 1.165) is 4.90 Å². The first-order valence-electron chi connectivity index (χ1n) is 6.03. The fourth-order valence-electron chi connectivity index (χ4n) is 2.01. The number of carbonyl (C=O) groups is 1. The number of rotatable bonds is 2. The molecule has 0 fully saturated rings. The number of ether oxygens (including phenoxy) is 1. The predicted molar refractivity (Wildman–Crippen MR) is 80.0 cm³/mol. The lowest BCUT2D eigenvalue weighted by atomic mass is 10.1. The van der Waals surface area contributed by atoms with Crippen LogP contribution < -0.4 is 4.74 Å². The standard InChI is InChI=1S/C15H10BrFO2S/c16-9-5-6-11(17)10(7-9)15(18)13-8-20-14-4-2-1-3-12(14)19-13/h1-7,13H,8H2. The number of hydrogen-bond donors (Lipinski definition) is 0. The second-order valence-corrected chi connectivity index (χ2v) is 6.33. The quantitative estimate of drug-likeness (QED) is 0.752. The molecule has 0 saturated carbocycles. The Morgan fingerprint density at radius 2 is 2.10 bits per heavy atom. The van der Waals surface area contributed by atoms with Crippen LogP contribution in [0.5, 0.6) is 5.75 Å². The summed E-state index contributed by atoms with van der Waals surface area (Å²) in [5, 5.41) is 0. The molecule has 20 heavy (non-hydrogen) atoms. The van der Waals surface area contributed by atoms with Crippen LogP contribution in [0, 0.1) is 5.82 Å². The topological polar surface area (TPSA) is 26.3 Å². The molecule has 0 bridgehead atoms. The highest BCUT2D eigenvalue weighted by Gasteiger charge is 2.29. The Labute approximate surface area is 128 Å². The van der Waals surface area contributed by atoms with Gasteiger partial charge in [-0.3, -0.25) is 4.79 Å². The molecule has 0 aliphatic carbocycles. The highest BCUT2D eigenvalue weighted by Crippen LogP contribution is 2.36. The number of halogens is 2. The molecule has 0 saturated heterocycles. The monoisotopic (exact) mass is 352 g/mol. The van der Waals surface area contributed by atoms with Crippen LogP contribution >= 0.6 is 27.7 Å². The van der Waals surface area contributed by atoms with Crippen molar-refractivity contribution in [2.45, 2.75) is 11.0 Å². The third kappa shape index (κ3) is 2.60. The Balaban J connectivity index is 1.88. The minimum absolute atomic E-state index is 0.0596. The van der Waals surface area contributed by atoms with E-state index in [1.807, 2.05) is 24.3 Å². The summed E-state index contributed by atoms with van der Waals surface area (Å²) in [7, 11) is 0. The van der Waals surface area contributed by atoms with Crippen LogP contribution in [0.2, 0.25) is 0 Å². The second-order valence-electron chi connectivity index (χ2n) is 4.35. The Morgan fingerprint density at radius 1 is 1.30 bits per heavy atom. The fraction of sp³-hybridized carbons (Fsp3) is 0.133. The summed E-state index contributed by atoms with van der Waals surface area (Å²) in [6.45, 7) is 0. The van der Waals surface area contributed by atoms with Gasteiger partial charge < -0.3 is 4.74 Å². The zero-order valence-electron chi connectivity index (χ0n) is 10.3. The van der Waals surface area contributed by atoms with Crippen molar-refractivity contribution in [3.8, 4) is 5.75 Å². The average Bonchev–Trinajstić information content (AvgIpc) is 2.48. The first-order chi connectivity index (χ1) is 9.65. The molecular weight excluding hydrogens is 343 g/mol. The molecule has 2 aromatic rings. The largest absolute Gasteiger partial charge is 0.480 e. The third-order valence-corrected chi connectivity index (χ3v) is 4.61. The molecule has 0 radical (unpaired) electrons. The van der Waals surface area contributed by atoms with Gasteiger partial charge in [0, 0.05) is 15.1 Å². The first kappa shape index (κ1) is 13.6. The van der Waals surface area contributed by atoms with Gasteiger partial charge in [-0.05, 0) is 30.3 Å². The molecule has 3 rings (SSSR count). The molecule has 5 heteroatoms. The van der Waals surface area contributed by atoms with Crippen LogP contribution in [0.3, 0.4) is 0 Å². The number of fused-ring (bicyclic) bond motifs is 1. The van der Waals surface area contributed by atoms with E-state index in [1.54, 1.807) is 17.8 Å². The lowest BCUT2D eigenvalue weighted by Crippen LogP contribution is -2.32. The third-order valence-electron chi connectivity index (χ3n) is 2.99. The zero-order chi connectivity index (χ0) is 14.1. The van der Waals surface area contributed by atoms with E-state index in [9.17, 15) is 9.18 Å². The molecule has 0 amide bonds. The van der Waals surface area contributed by atoms with Gasteiger partial charge in [-0.1, -0.05) is 28.1 Å². The smallest absolute Gasteiger partial charge is 0.207 e. The number of ketones is 1. The van der Waals surface area contributed by atoms with Gasteiger partial charge in [0.05, 0.1) is 5.56 Å². The second kappa shape index (κ2) is 5.58. The number of benzene rings is 2. The summed E-state index contributed by atoms with van der Waals surface area (Å²) >= 11 is 4.80. The lowest BCUT2D eigenvalue weighted by Gasteiger charge is -2.24. The molecule has 1 unspecified atom stereocenters. The summed E-state index contributed by atoms with van der Waals surface area (Å²) < 4.78 is 20.1. The average molecular weight is 353 g/mol. The minimum atomic E-state index is -0.654. The molecule has 102 valence electrons. The summed E-state index contributed by atoms with van der Waals surface area (Å²) in [5.74, 6) is 0.316. The molecular formula is C15H10BrFO2S. The van der Waals surface area contributed by atoms with Crippen LogP contribution in [0.1, 0.15) is 10.4 Å². The van der Waals surface area contributed by atoms with Gasteiger partial charge in [-0.2, -0.15) is 0 Å². The Hall–Kier alpha value is -1.33. The Bertz CT molecular complexity index is 675. The van der Waals surface area contributed by atoms with E-state index in [-0.39, 0.29) is 11.3 Å². The van der Waals surface area contributed by atoms with Gasteiger partial charge in [0.2, 0.25) is 5.78 Å². The Morgan fingerprint density at radius 3 is 2.95 bits per heavy atom. The van der Waals surface area contributed by atoms with Gasteiger partial charge in [0.1, 0.15) is 11.6 Å². The van der Waals surface area contributed by atoms with Crippen molar-refractivity contribution in [1.29, 1.82) is 0 Å². The number of thioether (sulfide) groups is 1. The van der Waals surface area contributed by atoms with Crippen LogP contribution in [-0.2, 0) is 0 Å². The van der Waals surface area contributed by atoms with E-state index in [1.165, 1.54) is 12.1 Å². The maximum absolute atomic E-state index is 13.8. The van der Waals surface area contributed by atoms with E-state index < -0.39 is 11.9 Å². The van der Waals surface area contributed by atoms with Crippen molar-refractivity contribution < 1.29 is 13.9 Å². The van der Waals surface area contributed by atoms with Gasteiger partial charge in [0.15, 0.2) is 6.10 Å². The van der Waals surface area contributed by atoms with Crippen LogP contribution in [-0.4, -0.2) is 17.6 Å². The molecule has 0 aromatic heterocycles. The summed E-state index contributed by atoms with van der Waals surface area (Å²) in [5.41, 5.74) is 0.0596. The first-order valence-corrected chi connectivity index (χ1v) is 7.81. The van der Waals surface area contributed by atoms with Crippen molar-refractivity contribution in [2.24, 2.45) is 0 Å². The minimum Gasteiger partial charge on any atom is -0.480 e. The maximum Gasteiger partial charge on any atom is 0.207 e. The predicted octanol–water partition coefficient (Wildman–Crippen LogP) is 4.32. The van der Waals surface area contributed by atoms with E-state index in [4.69, 9.17) is 4.74 Å². The van der Waals surface area contributed by atoms with E-state index >= 15 is 0 Å². The zero-order valence-corrected chi connectivity index (χ0v) is 12.7. The van der Waals surface area contributed by atoms with Crippen LogP contribution in [0.15, 0.2) is 51.8 Å². The van der Waals surface area contributed by atoms with Crippen LogP contribution in [0.4, 0.5) is 4.39 Å². The molecule has 1 aliphatic rings. The molecule has 0 N–H and O–H groups in total. The normalized spacial score (nSPS) is 17.2. The molecule has 0 spiro atoms. The lowest BCUT2D eigenvalue weighted by molar-refractivity contribution is 0.0810. The van der Waals surface area contributed by atoms with Gasteiger partial charge >= 0.3 is 0 Å². The van der Waals surface area contributed by atoms with E-state index in [2.05, 4.69) is 15.9 Å². The van der Waals surface area contributed by atoms with E-state index in [0.29, 0.717) is 16.0 Å². The number of carbonyl (C=O) groups excluding carboxylic acids is 1. The summed E-state index contributed by atoms with van der Waals surface area (Å²) in [6, 6.07) is 11.9. The SMILES string of the molecule is O=C(c1cc(Br)ccc1F)C1CSc2ccccc2O1. The maximum atomic E-state index is 13.8. The number of para-hydroxylation sites is 1. The molecule has 1 aliphatic heterocycles. The van der Waals surface area contributed by atoms with Crippen molar-refractivity contribution in [3.05, 3.63) is 58.3 Å². The molecule has 2 nitrogen and oxygen atoms in total. The number of hydrogen-bond acceptors (Lipinski definition) is 3. The van der Waals surface area contributed by atoms with Crippen molar-refractivity contribution in [3.63, 3.8) is 0 Å². The highest BCUT2D eigenvalue weighted by atomic mass is 79.9. The van der Waals surface area contributed by atoms with Crippen LogP contribution in [0.25, 0.3) is 0 Å². The van der Waals surface area contributed by atoms with Crippen molar-refractivity contribution >= 4 is 33.5 Å². The summed E-state index contributed by atoms with van der Waals surface area (Å²) in [4.78, 5) is 13.4. The molecule has 2 aromatic carbocycles. The molecule has 1 atom stereocenters. The summed E-state index contributed by atoms with van der Waals surface area (Å²) in [6.07, 6.45) is -0.654. The van der Waals surface area contributed by atoms with Gasteiger partial charge in [0.25, 0.3) is 0 Å². The van der Waals surface area contributed by atoms with Gasteiger partial charge in [-0.25, -0.2) is 4.39 Å². The van der Waals surface area contributed by atoms with Crippen molar-refractivity contribution in [2.75, 3.05) is 5.75 Å². The molecule has 1 heterocycles.